The van der Waals surface area contributed by atoms with E-state index in [0.29, 0.717) is 12.3 Å². The van der Waals surface area contributed by atoms with E-state index in [4.69, 9.17) is 9.47 Å². The van der Waals surface area contributed by atoms with Crippen LogP contribution < -0.4 is 5.32 Å². The molecule has 1 unspecified atom stereocenters. The minimum absolute atomic E-state index is 0.0550. The Morgan fingerprint density at radius 3 is 2.22 bits per heavy atom. The highest BCUT2D eigenvalue weighted by Gasteiger charge is 2.35. The van der Waals surface area contributed by atoms with Crippen molar-refractivity contribution < 1.29 is 19.1 Å². The first kappa shape index (κ1) is 25.3. The zero-order valence-corrected chi connectivity index (χ0v) is 20.2. The number of rotatable bonds is 3. The van der Waals surface area contributed by atoms with E-state index in [2.05, 4.69) is 22.2 Å². The van der Waals surface area contributed by atoms with Crippen molar-refractivity contribution in [2.45, 2.75) is 78.0 Å². The lowest BCUT2D eigenvalue weighted by molar-refractivity contribution is 0.0554. The summed E-state index contributed by atoms with van der Waals surface area (Å²) in [5.41, 5.74) is -0.265. The van der Waals surface area contributed by atoms with Crippen molar-refractivity contribution in [3.05, 3.63) is 35.9 Å². The largest absolute Gasteiger partial charge is 0.444 e. The van der Waals surface area contributed by atoms with Crippen LogP contribution in [0.5, 0.6) is 0 Å². The third-order valence-electron chi connectivity index (χ3n) is 4.41. The van der Waals surface area contributed by atoms with Gasteiger partial charge in [0, 0.05) is 13.5 Å². The number of amides is 2. The van der Waals surface area contributed by atoms with E-state index >= 15 is 0 Å². The molecule has 0 heterocycles. The fraction of sp³-hybridized carbons (Fsp3) is 0.560. The third kappa shape index (κ3) is 9.42. The smallest absolute Gasteiger partial charge is 0.437 e. The molecule has 2 rings (SSSR count). The van der Waals surface area contributed by atoms with Crippen molar-refractivity contribution in [1.82, 2.24) is 10.2 Å². The van der Waals surface area contributed by atoms with Gasteiger partial charge in [-0.1, -0.05) is 42.2 Å². The van der Waals surface area contributed by atoms with Crippen LogP contribution in [-0.4, -0.2) is 47.3 Å². The van der Waals surface area contributed by atoms with E-state index in [9.17, 15) is 9.59 Å². The summed E-state index contributed by atoms with van der Waals surface area (Å²) in [6.07, 6.45) is 1.19. The molecule has 0 aliphatic heterocycles. The minimum Gasteiger partial charge on any atom is -0.444 e. The maximum atomic E-state index is 12.4. The van der Waals surface area contributed by atoms with Gasteiger partial charge in [-0.15, -0.1) is 4.99 Å². The summed E-state index contributed by atoms with van der Waals surface area (Å²) in [4.78, 5) is 30.6. The maximum absolute atomic E-state index is 12.4. The molecule has 1 atom stereocenters. The maximum Gasteiger partial charge on any atom is 0.437 e. The Morgan fingerprint density at radius 2 is 1.69 bits per heavy atom. The standard InChI is InChI=1S/C25H35N3O4/c1-24(2,3)31-22(29)26-21(27-23(30)32-25(4,5)6)28(7)20(19-16-17-19)15-11-14-18-12-9-8-10-13-18/h8-10,12-13,19-20H,14,16-17H2,1-7H3,(H,26,27,29,30). The summed E-state index contributed by atoms with van der Waals surface area (Å²) in [7, 11) is 1.76. The summed E-state index contributed by atoms with van der Waals surface area (Å²) in [6, 6.07) is 9.80. The highest BCUT2D eigenvalue weighted by molar-refractivity contribution is 5.99. The van der Waals surface area contributed by atoms with E-state index in [1.807, 2.05) is 30.3 Å². The number of guanidine groups is 1. The number of aliphatic imine (C=N–C) groups is 1. The van der Waals surface area contributed by atoms with Crippen LogP contribution in [0.2, 0.25) is 0 Å². The van der Waals surface area contributed by atoms with Gasteiger partial charge in [-0.05, 0) is 65.9 Å². The van der Waals surface area contributed by atoms with Crippen LogP contribution in [0.3, 0.4) is 0 Å². The molecule has 0 bridgehead atoms. The molecular formula is C25H35N3O4. The van der Waals surface area contributed by atoms with Crippen LogP contribution in [0.1, 0.15) is 59.9 Å². The van der Waals surface area contributed by atoms with E-state index in [1.54, 1.807) is 53.5 Å². The second kappa shape index (κ2) is 10.5. The monoisotopic (exact) mass is 441 g/mol. The predicted octanol–water partition coefficient (Wildman–Crippen LogP) is 4.76. The number of hydrogen-bond acceptors (Lipinski definition) is 4. The average Bonchev–Trinajstić information content (AvgIpc) is 3.47. The molecule has 1 aromatic carbocycles. The predicted molar refractivity (Wildman–Crippen MR) is 125 cm³/mol. The first-order valence-corrected chi connectivity index (χ1v) is 10.9. The normalized spacial score (nSPS) is 15.2. The Kier molecular flexibility index (Phi) is 8.31. The molecular weight excluding hydrogens is 406 g/mol. The van der Waals surface area contributed by atoms with Crippen LogP contribution in [0, 0.1) is 17.8 Å². The number of carbonyl (C=O) groups is 2. The Bertz CT molecular complexity index is 882. The van der Waals surface area contributed by atoms with Crippen molar-refractivity contribution in [1.29, 1.82) is 0 Å². The van der Waals surface area contributed by atoms with Gasteiger partial charge in [0.1, 0.15) is 11.2 Å². The van der Waals surface area contributed by atoms with Crippen LogP contribution in [0.15, 0.2) is 35.3 Å². The number of benzene rings is 1. The van der Waals surface area contributed by atoms with E-state index in [0.717, 1.165) is 18.4 Å². The summed E-state index contributed by atoms with van der Waals surface area (Å²) < 4.78 is 10.7. The molecule has 32 heavy (non-hydrogen) atoms. The lowest BCUT2D eigenvalue weighted by atomic mass is 10.1. The molecule has 7 heteroatoms. The third-order valence-corrected chi connectivity index (χ3v) is 4.41. The van der Waals surface area contributed by atoms with Crippen LogP contribution >= 0.6 is 0 Å². The van der Waals surface area contributed by atoms with Crippen molar-refractivity contribution >= 4 is 18.1 Å². The highest BCUT2D eigenvalue weighted by atomic mass is 16.6. The van der Waals surface area contributed by atoms with Gasteiger partial charge in [-0.25, -0.2) is 9.59 Å². The van der Waals surface area contributed by atoms with Gasteiger partial charge in [0.25, 0.3) is 0 Å². The lowest BCUT2D eigenvalue weighted by Crippen LogP contribution is -2.49. The summed E-state index contributed by atoms with van der Waals surface area (Å²) >= 11 is 0. The zero-order valence-electron chi connectivity index (χ0n) is 20.2. The van der Waals surface area contributed by atoms with Gasteiger partial charge in [0.15, 0.2) is 0 Å². The van der Waals surface area contributed by atoms with Crippen molar-refractivity contribution in [3.63, 3.8) is 0 Å². The van der Waals surface area contributed by atoms with Gasteiger partial charge in [0.2, 0.25) is 5.96 Å². The Balaban J connectivity index is 2.24. The first-order chi connectivity index (χ1) is 14.8. The van der Waals surface area contributed by atoms with E-state index in [1.165, 1.54) is 0 Å². The van der Waals surface area contributed by atoms with Crippen molar-refractivity contribution in [2.24, 2.45) is 10.9 Å². The molecule has 1 fully saturated rings. The fourth-order valence-corrected chi connectivity index (χ4v) is 2.89. The summed E-state index contributed by atoms with van der Waals surface area (Å²) in [5.74, 6) is 6.93. The molecule has 0 aromatic heterocycles. The number of alkyl carbamates (subject to hydrolysis) is 1. The summed E-state index contributed by atoms with van der Waals surface area (Å²) in [6.45, 7) is 10.6. The van der Waals surface area contributed by atoms with E-state index < -0.39 is 23.4 Å². The van der Waals surface area contributed by atoms with Gasteiger partial charge < -0.3 is 14.4 Å². The molecule has 1 aromatic rings. The second-order valence-corrected chi connectivity index (χ2v) is 9.92. The Hall–Kier alpha value is -3.01. The number of ether oxygens (including phenoxy) is 2. The number of carbonyl (C=O) groups excluding carboxylic acids is 2. The highest BCUT2D eigenvalue weighted by Crippen LogP contribution is 2.34. The Labute approximate surface area is 191 Å². The van der Waals surface area contributed by atoms with Gasteiger partial charge >= 0.3 is 12.2 Å². The van der Waals surface area contributed by atoms with Gasteiger partial charge in [-0.2, -0.15) is 0 Å². The molecule has 0 saturated heterocycles. The number of nitrogens with zero attached hydrogens (tertiary/aromatic N) is 2. The number of nitrogens with one attached hydrogen (secondary N) is 1. The minimum atomic E-state index is -0.790. The molecule has 1 aliphatic rings. The van der Waals surface area contributed by atoms with Gasteiger partial charge in [-0.3, -0.25) is 5.32 Å². The molecule has 0 spiro atoms. The molecule has 0 radical (unpaired) electrons. The van der Waals surface area contributed by atoms with Crippen LogP contribution in [0.4, 0.5) is 9.59 Å². The van der Waals surface area contributed by atoms with Crippen molar-refractivity contribution in [3.8, 4) is 11.8 Å². The quantitative estimate of drug-likeness (QED) is 0.416. The zero-order chi connectivity index (χ0) is 23.9. The fourth-order valence-electron chi connectivity index (χ4n) is 2.89. The van der Waals surface area contributed by atoms with Gasteiger partial charge in [0.05, 0.1) is 6.04 Å². The topological polar surface area (TPSA) is 80.2 Å². The van der Waals surface area contributed by atoms with Crippen LogP contribution in [-0.2, 0) is 15.9 Å². The molecule has 1 saturated carbocycles. The first-order valence-electron chi connectivity index (χ1n) is 10.9. The molecule has 1 aliphatic carbocycles. The Morgan fingerprint density at radius 1 is 1.09 bits per heavy atom. The molecule has 2 amide bonds. The van der Waals surface area contributed by atoms with Crippen LogP contribution in [0.25, 0.3) is 0 Å². The number of hydrogen-bond donors (Lipinski definition) is 1. The molecule has 1 N–H and O–H groups in total. The molecule has 7 nitrogen and oxygen atoms in total. The van der Waals surface area contributed by atoms with Crippen molar-refractivity contribution in [2.75, 3.05) is 7.05 Å². The second-order valence-electron chi connectivity index (χ2n) is 9.92. The SMILES string of the molecule is CN(/C(=N\C(=O)OC(C)(C)C)NC(=O)OC(C)(C)C)C(C#CCc1ccccc1)C1CC1. The molecule has 174 valence electrons. The summed E-state index contributed by atoms with van der Waals surface area (Å²) in [5, 5.41) is 2.61. The average molecular weight is 442 g/mol. The van der Waals surface area contributed by atoms with E-state index in [-0.39, 0.29) is 12.0 Å². The lowest BCUT2D eigenvalue weighted by Gasteiger charge is -2.28.